The topological polar surface area (TPSA) is 52.0 Å². The van der Waals surface area contributed by atoms with Crippen LogP contribution in [0.2, 0.25) is 0 Å². The van der Waals surface area contributed by atoms with Crippen LogP contribution in [-0.2, 0) is 0 Å². The Morgan fingerprint density at radius 3 is 2.50 bits per heavy atom. The summed E-state index contributed by atoms with van der Waals surface area (Å²) >= 11 is 3.35. The summed E-state index contributed by atoms with van der Waals surface area (Å²) in [6.45, 7) is 0. The van der Waals surface area contributed by atoms with Crippen molar-refractivity contribution < 1.29 is 0 Å². The van der Waals surface area contributed by atoms with E-state index in [1.54, 1.807) is 22.7 Å². The SMILES string of the molecule is Nc1cccc(-c2cc(-c3cccs3)sc2N)c1. The molecule has 0 aliphatic carbocycles. The van der Waals surface area contributed by atoms with Crippen LogP contribution in [0.1, 0.15) is 0 Å². The predicted octanol–water partition coefficient (Wildman–Crippen LogP) is 4.31. The van der Waals surface area contributed by atoms with Crippen molar-refractivity contribution in [2.24, 2.45) is 0 Å². The summed E-state index contributed by atoms with van der Waals surface area (Å²) in [5.74, 6) is 0. The normalized spacial score (nSPS) is 10.7. The molecule has 0 unspecified atom stereocenters. The number of nitrogens with two attached hydrogens (primary N) is 2. The molecule has 4 N–H and O–H groups in total. The van der Waals surface area contributed by atoms with E-state index in [1.807, 2.05) is 24.3 Å². The van der Waals surface area contributed by atoms with Crippen LogP contribution in [0.4, 0.5) is 10.7 Å². The first-order valence-corrected chi connectivity index (χ1v) is 7.23. The third-order valence-corrected chi connectivity index (χ3v) is 4.75. The Morgan fingerprint density at radius 1 is 0.889 bits per heavy atom. The van der Waals surface area contributed by atoms with Crippen molar-refractivity contribution >= 4 is 33.4 Å². The van der Waals surface area contributed by atoms with E-state index in [2.05, 4.69) is 23.6 Å². The van der Waals surface area contributed by atoms with Crippen molar-refractivity contribution in [3.63, 3.8) is 0 Å². The van der Waals surface area contributed by atoms with E-state index < -0.39 is 0 Å². The van der Waals surface area contributed by atoms with Crippen LogP contribution in [0, 0.1) is 0 Å². The van der Waals surface area contributed by atoms with Gasteiger partial charge in [-0.2, -0.15) is 0 Å². The van der Waals surface area contributed by atoms with Gasteiger partial charge in [0.05, 0.1) is 5.00 Å². The fraction of sp³-hybridized carbons (Fsp3) is 0. The van der Waals surface area contributed by atoms with Crippen LogP contribution in [0.5, 0.6) is 0 Å². The molecule has 0 aliphatic rings. The van der Waals surface area contributed by atoms with Gasteiger partial charge in [0.1, 0.15) is 0 Å². The second-order valence-corrected chi connectivity index (χ2v) is 6.02. The first-order chi connectivity index (χ1) is 8.74. The number of thiophene rings is 2. The van der Waals surface area contributed by atoms with Gasteiger partial charge in [-0.05, 0) is 35.2 Å². The molecule has 0 saturated heterocycles. The minimum absolute atomic E-state index is 0.760. The highest BCUT2D eigenvalue weighted by atomic mass is 32.1. The molecule has 0 radical (unpaired) electrons. The van der Waals surface area contributed by atoms with E-state index in [4.69, 9.17) is 11.5 Å². The van der Waals surface area contributed by atoms with Crippen LogP contribution in [0.15, 0.2) is 47.8 Å². The van der Waals surface area contributed by atoms with Crippen LogP contribution >= 0.6 is 22.7 Å². The Balaban J connectivity index is 2.09. The Kier molecular flexibility index (Phi) is 2.81. The highest BCUT2D eigenvalue weighted by Gasteiger charge is 2.10. The lowest BCUT2D eigenvalue weighted by atomic mass is 10.1. The van der Waals surface area contributed by atoms with E-state index >= 15 is 0 Å². The molecular weight excluding hydrogens is 260 g/mol. The quantitative estimate of drug-likeness (QED) is 0.683. The number of hydrogen-bond donors (Lipinski definition) is 2. The number of nitrogen functional groups attached to an aromatic ring is 2. The van der Waals surface area contributed by atoms with Crippen LogP contribution in [0.25, 0.3) is 20.9 Å². The number of anilines is 2. The van der Waals surface area contributed by atoms with E-state index in [9.17, 15) is 0 Å². The van der Waals surface area contributed by atoms with Crippen molar-refractivity contribution in [1.29, 1.82) is 0 Å². The smallest absolute Gasteiger partial charge is 0.0942 e. The Bertz CT molecular complexity index is 669. The second kappa shape index (κ2) is 4.48. The van der Waals surface area contributed by atoms with Crippen molar-refractivity contribution in [3.05, 3.63) is 47.8 Å². The van der Waals surface area contributed by atoms with Gasteiger partial charge >= 0.3 is 0 Å². The minimum atomic E-state index is 0.760. The highest BCUT2D eigenvalue weighted by molar-refractivity contribution is 7.24. The summed E-state index contributed by atoms with van der Waals surface area (Å²) in [5, 5.41) is 2.91. The minimum Gasteiger partial charge on any atom is -0.399 e. The predicted molar refractivity (Wildman–Crippen MR) is 81.9 cm³/mol. The summed E-state index contributed by atoms with van der Waals surface area (Å²) in [6.07, 6.45) is 0. The lowest BCUT2D eigenvalue weighted by molar-refractivity contribution is 1.66. The zero-order valence-corrected chi connectivity index (χ0v) is 11.2. The van der Waals surface area contributed by atoms with Crippen LogP contribution in [-0.4, -0.2) is 0 Å². The molecule has 1 aromatic carbocycles. The molecule has 3 aromatic rings. The van der Waals surface area contributed by atoms with Crippen molar-refractivity contribution in [2.75, 3.05) is 11.5 Å². The third kappa shape index (κ3) is 2.00. The van der Waals surface area contributed by atoms with E-state index in [0.717, 1.165) is 21.8 Å². The maximum atomic E-state index is 6.11. The zero-order chi connectivity index (χ0) is 12.5. The molecule has 18 heavy (non-hydrogen) atoms. The molecule has 0 amide bonds. The second-order valence-electron chi connectivity index (χ2n) is 3.99. The molecule has 2 heterocycles. The number of benzene rings is 1. The molecule has 0 saturated carbocycles. The van der Waals surface area contributed by atoms with Gasteiger partial charge < -0.3 is 11.5 Å². The fourth-order valence-electron chi connectivity index (χ4n) is 1.88. The largest absolute Gasteiger partial charge is 0.399 e. The molecule has 0 spiro atoms. The maximum absolute atomic E-state index is 6.11. The average molecular weight is 272 g/mol. The van der Waals surface area contributed by atoms with Gasteiger partial charge in [0.25, 0.3) is 0 Å². The Morgan fingerprint density at radius 2 is 1.78 bits per heavy atom. The summed E-state index contributed by atoms with van der Waals surface area (Å²) in [7, 11) is 0. The summed E-state index contributed by atoms with van der Waals surface area (Å²) in [6, 6.07) is 14.1. The van der Waals surface area contributed by atoms with E-state index in [0.29, 0.717) is 0 Å². The Labute approximate surface area is 114 Å². The molecule has 2 nitrogen and oxygen atoms in total. The third-order valence-electron chi connectivity index (χ3n) is 2.72. The monoisotopic (exact) mass is 272 g/mol. The van der Waals surface area contributed by atoms with Gasteiger partial charge in [0, 0.05) is 21.0 Å². The standard InChI is InChI=1S/C14H12N2S2/c15-10-4-1-3-9(7-10)11-8-13(18-14(11)16)12-5-2-6-17-12/h1-8H,15-16H2. The van der Waals surface area contributed by atoms with Crippen LogP contribution < -0.4 is 11.5 Å². The van der Waals surface area contributed by atoms with Gasteiger partial charge in [-0.15, -0.1) is 22.7 Å². The fourth-order valence-corrected chi connectivity index (χ4v) is 3.65. The number of hydrogen-bond acceptors (Lipinski definition) is 4. The van der Waals surface area contributed by atoms with Gasteiger partial charge in [-0.1, -0.05) is 18.2 Å². The molecule has 0 atom stereocenters. The lowest BCUT2D eigenvalue weighted by Crippen LogP contribution is -1.86. The molecule has 0 fully saturated rings. The first-order valence-electron chi connectivity index (χ1n) is 5.53. The molecule has 90 valence electrons. The maximum Gasteiger partial charge on any atom is 0.0942 e. The molecule has 0 aliphatic heterocycles. The van der Waals surface area contributed by atoms with Crippen molar-refractivity contribution in [2.45, 2.75) is 0 Å². The summed E-state index contributed by atoms with van der Waals surface area (Å²) in [4.78, 5) is 2.46. The van der Waals surface area contributed by atoms with E-state index in [-0.39, 0.29) is 0 Å². The Hall–Kier alpha value is -1.78. The molecule has 0 bridgehead atoms. The first kappa shape index (κ1) is 11.3. The van der Waals surface area contributed by atoms with Gasteiger partial charge in [-0.3, -0.25) is 0 Å². The van der Waals surface area contributed by atoms with Gasteiger partial charge in [0.2, 0.25) is 0 Å². The van der Waals surface area contributed by atoms with Gasteiger partial charge in [0.15, 0.2) is 0 Å². The zero-order valence-electron chi connectivity index (χ0n) is 9.59. The molecule has 4 heteroatoms. The molecule has 3 rings (SSSR count). The van der Waals surface area contributed by atoms with Crippen molar-refractivity contribution in [3.8, 4) is 20.9 Å². The molecule has 2 aromatic heterocycles. The number of rotatable bonds is 2. The van der Waals surface area contributed by atoms with Crippen LogP contribution in [0.3, 0.4) is 0 Å². The summed E-state index contributed by atoms with van der Waals surface area (Å²) < 4.78 is 0. The van der Waals surface area contributed by atoms with E-state index in [1.165, 1.54) is 9.75 Å². The summed E-state index contributed by atoms with van der Waals surface area (Å²) in [5.41, 5.74) is 14.8. The molecular formula is C14H12N2S2. The average Bonchev–Trinajstić information content (AvgIpc) is 2.97. The van der Waals surface area contributed by atoms with Crippen molar-refractivity contribution in [1.82, 2.24) is 0 Å². The highest BCUT2D eigenvalue weighted by Crippen LogP contribution is 2.40. The lowest BCUT2D eigenvalue weighted by Gasteiger charge is -2.00. The van der Waals surface area contributed by atoms with Gasteiger partial charge in [-0.25, -0.2) is 0 Å².